The molecule has 1 aliphatic rings. The van der Waals surface area contributed by atoms with Crippen molar-refractivity contribution >= 4 is 11.6 Å². The Hall–Kier alpha value is -2.49. The van der Waals surface area contributed by atoms with Gasteiger partial charge in [-0.1, -0.05) is 49.6 Å². The lowest BCUT2D eigenvalue weighted by Gasteiger charge is -2.36. The number of rotatable bonds is 5. The number of carbonyl (C=O) groups is 1. The van der Waals surface area contributed by atoms with Gasteiger partial charge in [0.25, 0.3) is 0 Å². The van der Waals surface area contributed by atoms with E-state index in [0.717, 1.165) is 36.9 Å². The highest BCUT2D eigenvalue weighted by Crippen LogP contribution is 2.41. The van der Waals surface area contributed by atoms with Crippen LogP contribution in [-0.4, -0.2) is 20.1 Å². The molecule has 25 heavy (non-hydrogen) atoms. The number of anilines is 1. The monoisotopic (exact) mass is 339 g/mol. The molecule has 4 nitrogen and oxygen atoms in total. The smallest absolute Gasteiger partial charge is 0.235 e. The third-order valence-electron chi connectivity index (χ3n) is 5.11. The Labute approximate surface area is 149 Å². The second-order valence-electron chi connectivity index (χ2n) is 6.53. The maximum absolute atomic E-state index is 13.3. The van der Waals surface area contributed by atoms with Gasteiger partial charge in [-0.25, -0.2) is 0 Å². The summed E-state index contributed by atoms with van der Waals surface area (Å²) in [6, 6.07) is 15.6. The van der Waals surface area contributed by atoms with Crippen LogP contribution < -0.4 is 14.8 Å². The minimum absolute atomic E-state index is 0.0608. The number of nitrogens with one attached hydrogen (secondary N) is 1. The number of methoxy groups -OCH3 is 2. The molecule has 0 spiro atoms. The summed E-state index contributed by atoms with van der Waals surface area (Å²) in [5.41, 5.74) is 1.38. The standard InChI is InChI=1S/C21H25NO3/c1-24-18-12-11-17(15-19(18)25-2)22-20(23)21(13-7-4-8-14-21)16-9-5-3-6-10-16/h3,5-6,9-12,15H,4,7-8,13-14H2,1-2H3,(H,22,23). The topological polar surface area (TPSA) is 47.6 Å². The van der Waals surface area contributed by atoms with Gasteiger partial charge in [0, 0.05) is 11.8 Å². The normalized spacial score (nSPS) is 16.1. The summed E-state index contributed by atoms with van der Waals surface area (Å²) in [6.07, 6.45) is 5.12. The number of amides is 1. The van der Waals surface area contributed by atoms with E-state index < -0.39 is 5.41 Å². The third-order valence-corrected chi connectivity index (χ3v) is 5.11. The quantitative estimate of drug-likeness (QED) is 0.870. The molecule has 0 aromatic heterocycles. The molecule has 1 saturated carbocycles. The number of carbonyl (C=O) groups excluding carboxylic acids is 1. The maximum Gasteiger partial charge on any atom is 0.235 e. The fraction of sp³-hybridized carbons (Fsp3) is 0.381. The van der Waals surface area contributed by atoms with Crippen molar-refractivity contribution in [2.24, 2.45) is 0 Å². The van der Waals surface area contributed by atoms with Gasteiger partial charge in [-0.2, -0.15) is 0 Å². The van der Waals surface area contributed by atoms with Crippen molar-refractivity contribution in [3.8, 4) is 11.5 Å². The van der Waals surface area contributed by atoms with Crippen LogP contribution in [-0.2, 0) is 10.2 Å². The summed E-state index contributed by atoms with van der Waals surface area (Å²) in [4.78, 5) is 13.3. The molecule has 3 rings (SSSR count). The summed E-state index contributed by atoms with van der Waals surface area (Å²) in [7, 11) is 3.19. The summed E-state index contributed by atoms with van der Waals surface area (Å²) in [5, 5.41) is 3.10. The van der Waals surface area contributed by atoms with Crippen LogP contribution in [0.3, 0.4) is 0 Å². The zero-order valence-electron chi connectivity index (χ0n) is 14.9. The van der Waals surface area contributed by atoms with Crippen LogP contribution in [0.5, 0.6) is 11.5 Å². The Morgan fingerprint density at radius 1 is 0.920 bits per heavy atom. The second kappa shape index (κ2) is 7.60. The first kappa shape index (κ1) is 17.3. The van der Waals surface area contributed by atoms with Crippen molar-refractivity contribution in [3.63, 3.8) is 0 Å². The van der Waals surface area contributed by atoms with Gasteiger partial charge in [-0.15, -0.1) is 0 Å². The molecule has 1 aliphatic carbocycles. The third kappa shape index (κ3) is 3.48. The molecule has 0 bridgehead atoms. The molecule has 132 valence electrons. The highest BCUT2D eigenvalue weighted by atomic mass is 16.5. The van der Waals surface area contributed by atoms with E-state index in [1.165, 1.54) is 6.42 Å². The number of benzene rings is 2. The Morgan fingerprint density at radius 2 is 1.60 bits per heavy atom. The fourth-order valence-electron chi connectivity index (χ4n) is 3.72. The molecule has 4 heteroatoms. The summed E-state index contributed by atoms with van der Waals surface area (Å²) < 4.78 is 10.6. The molecule has 2 aromatic rings. The first-order valence-electron chi connectivity index (χ1n) is 8.78. The van der Waals surface area contributed by atoms with Crippen LogP contribution in [0.4, 0.5) is 5.69 Å². The first-order valence-corrected chi connectivity index (χ1v) is 8.78. The molecule has 0 aliphatic heterocycles. The van der Waals surface area contributed by atoms with Gasteiger partial charge in [0.05, 0.1) is 19.6 Å². The van der Waals surface area contributed by atoms with Crippen LogP contribution in [0, 0.1) is 0 Å². The summed E-state index contributed by atoms with van der Waals surface area (Å²) in [5.74, 6) is 1.32. The average Bonchev–Trinajstić information content (AvgIpc) is 2.69. The van der Waals surface area contributed by atoms with E-state index in [9.17, 15) is 4.79 Å². The SMILES string of the molecule is COc1ccc(NC(=O)C2(c3ccccc3)CCCCC2)cc1OC. The molecule has 0 saturated heterocycles. The Morgan fingerprint density at radius 3 is 2.24 bits per heavy atom. The highest BCUT2D eigenvalue weighted by molar-refractivity contribution is 5.99. The van der Waals surface area contributed by atoms with E-state index in [1.54, 1.807) is 20.3 Å². The van der Waals surface area contributed by atoms with E-state index in [2.05, 4.69) is 17.4 Å². The molecular formula is C21H25NO3. The average molecular weight is 339 g/mol. The van der Waals surface area contributed by atoms with E-state index in [4.69, 9.17) is 9.47 Å². The largest absolute Gasteiger partial charge is 0.493 e. The molecule has 0 heterocycles. The van der Waals surface area contributed by atoms with Crippen LogP contribution in [0.1, 0.15) is 37.7 Å². The Balaban J connectivity index is 1.89. The summed E-state index contributed by atoms with van der Waals surface area (Å²) in [6.45, 7) is 0. The van der Waals surface area contributed by atoms with Crippen molar-refractivity contribution in [2.75, 3.05) is 19.5 Å². The summed E-state index contributed by atoms with van der Waals surface area (Å²) >= 11 is 0. The van der Waals surface area contributed by atoms with Gasteiger partial charge in [-0.3, -0.25) is 4.79 Å². The predicted octanol–water partition coefficient (Wildman–Crippen LogP) is 4.54. The van der Waals surface area contributed by atoms with Crippen molar-refractivity contribution in [2.45, 2.75) is 37.5 Å². The van der Waals surface area contributed by atoms with Gasteiger partial charge in [-0.05, 0) is 30.5 Å². The van der Waals surface area contributed by atoms with Crippen LogP contribution in [0.2, 0.25) is 0 Å². The Bertz CT molecular complexity index is 721. The molecule has 0 atom stereocenters. The fourth-order valence-corrected chi connectivity index (χ4v) is 3.72. The van der Waals surface area contributed by atoms with Crippen LogP contribution in [0.25, 0.3) is 0 Å². The van der Waals surface area contributed by atoms with E-state index in [1.807, 2.05) is 30.3 Å². The van der Waals surface area contributed by atoms with Crippen molar-refractivity contribution < 1.29 is 14.3 Å². The van der Waals surface area contributed by atoms with E-state index in [0.29, 0.717) is 11.5 Å². The van der Waals surface area contributed by atoms with Gasteiger partial charge in [0.2, 0.25) is 5.91 Å². The molecule has 1 amide bonds. The predicted molar refractivity (Wildman–Crippen MR) is 99.4 cm³/mol. The first-order chi connectivity index (χ1) is 12.2. The van der Waals surface area contributed by atoms with Gasteiger partial charge in [0.15, 0.2) is 11.5 Å². The second-order valence-corrected chi connectivity index (χ2v) is 6.53. The van der Waals surface area contributed by atoms with Crippen molar-refractivity contribution in [1.82, 2.24) is 0 Å². The lowest BCUT2D eigenvalue weighted by atomic mass is 9.68. The zero-order chi connectivity index (χ0) is 17.7. The minimum atomic E-state index is -0.452. The maximum atomic E-state index is 13.3. The molecular weight excluding hydrogens is 314 g/mol. The lowest BCUT2D eigenvalue weighted by Crippen LogP contribution is -2.42. The van der Waals surface area contributed by atoms with Gasteiger partial charge >= 0.3 is 0 Å². The van der Waals surface area contributed by atoms with E-state index in [-0.39, 0.29) is 5.91 Å². The van der Waals surface area contributed by atoms with Gasteiger partial charge < -0.3 is 14.8 Å². The molecule has 0 unspecified atom stereocenters. The molecule has 2 aromatic carbocycles. The van der Waals surface area contributed by atoms with E-state index >= 15 is 0 Å². The lowest BCUT2D eigenvalue weighted by molar-refractivity contribution is -0.122. The van der Waals surface area contributed by atoms with Crippen molar-refractivity contribution in [3.05, 3.63) is 54.1 Å². The molecule has 1 N–H and O–H groups in total. The van der Waals surface area contributed by atoms with Crippen molar-refractivity contribution in [1.29, 1.82) is 0 Å². The number of ether oxygens (including phenoxy) is 2. The highest BCUT2D eigenvalue weighted by Gasteiger charge is 2.41. The van der Waals surface area contributed by atoms with Gasteiger partial charge in [0.1, 0.15) is 0 Å². The molecule has 1 fully saturated rings. The Kier molecular flexibility index (Phi) is 5.27. The van der Waals surface area contributed by atoms with Crippen LogP contribution in [0.15, 0.2) is 48.5 Å². The number of hydrogen-bond donors (Lipinski definition) is 1. The van der Waals surface area contributed by atoms with Crippen LogP contribution >= 0.6 is 0 Å². The zero-order valence-corrected chi connectivity index (χ0v) is 14.9. The minimum Gasteiger partial charge on any atom is -0.493 e. The number of hydrogen-bond acceptors (Lipinski definition) is 3. The molecule has 0 radical (unpaired) electrons.